The zero-order chi connectivity index (χ0) is 21.3. The Balaban J connectivity index is 1.49. The molecule has 7 nitrogen and oxygen atoms in total. The van der Waals surface area contributed by atoms with Crippen molar-refractivity contribution in [2.24, 2.45) is 0 Å². The molecular formula is C23H30N4O3. The van der Waals surface area contributed by atoms with E-state index >= 15 is 0 Å². The van der Waals surface area contributed by atoms with Crippen LogP contribution in [0.1, 0.15) is 19.8 Å². The van der Waals surface area contributed by atoms with Gasteiger partial charge >= 0.3 is 0 Å². The molecule has 1 fully saturated rings. The van der Waals surface area contributed by atoms with Crippen molar-refractivity contribution >= 4 is 28.9 Å². The molecule has 2 aromatic rings. The first-order valence-corrected chi connectivity index (χ1v) is 10.4. The molecular weight excluding hydrogens is 380 g/mol. The molecule has 0 unspecified atom stereocenters. The topological polar surface area (TPSA) is 73.9 Å². The number of carbonyl (C=O) groups is 2. The number of para-hydroxylation sites is 2. The van der Waals surface area contributed by atoms with Gasteiger partial charge in [-0.3, -0.25) is 14.5 Å². The van der Waals surface area contributed by atoms with Crippen molar-refractivity contribution in [2.45, 2.75) is 19.8 Å². The quantitative estimate of drug-likeness (QED) is 0.664. The second-order valence-corrected chi connectivity index (χ2v) is 7.34. The van der Waals surface area contributed by atoms with E-state index in [4.69, 9.17) is 4.74 Å². The second-order valence-electron chi connectivity index (χ2n) is 7.34. The Morgan fingerprint density at radius 2 is 1.60 bits per heavy atom. The first kappa shape index (κ1) is 21.6. The maximum atomic E-state index is 12.4. The highest BCUT2D eigenvalue weighted by Gasteiger charge is 2.15. The Morgan fingerprint density at radius 3 is 2.23 bits per heavy atom. The Kier molecular flexibility index (Phi) is 7.68. The van der Waals surface area contributed by atoms with E-state index in [2.05, 4.69) is 15.5 Å². The Labute approximate surface area is 178 Å². The molecule has 1 heterocycles. The van der Waals surface area contributed by atoms with Crippen LogP contribution in [0.15, 0.2) is 48.5 Å². The number of nitrogens with zero attached hydrogens (tertiary/aromatic N) is 2. The van der Waals surface area contributed by atoms with Gasteiger partial charge in [-0.25, -0.2) is 0 Å². The number of ether oxygens (including phenoxy) is 1. The SMILES string of the molecule is CCN(CC(=O)Nc1ccc(N2CCCC2)cc1)CC(=O)Nc1ccccc1OC. The van der Waals surface area contributed by atoms with Crippen LogP contribution in [0, 0.1) is 0 Å². The largest absolute Gasteiger partial charge is 0.495 e. The molecule has 0 bridgehead atoms. The molecule has 1 saturated heterocycles. The lowest BCUT2D eigenvalue weighted by Crippen LogP contribution is -2.38. The van der Waals surface area contributed by atoms with E-state index in [1.54, 1.807) is 24.1 Å². The number of hydrogen-bond donors (Lipinski definition) is 2. The van der Waals surface area contributed by atoms with E-state index in [1.807, 2.05) is 43.3 Å². The number of likely N-dealkylation sites (N-methyl/N-ethyl adjacent to an activating group) is 1. The molecule has 2 amide bonds. The zero-order valence-electron chi connectivity index (χ0n) is 17.7. The highest BCUT2D eigenvalue weighted by Crippen LogP contribution is 2.23. The van der Waals surface area contributed by atoms with Crippen LogP contribution in [0.2, 0.25) is 0 Å². The lowest BCUT2D eigenvalue weighted by Gasteiger charge is -2.20. The standard InChI is InChI=1S/C23H30N4O3/c1-3-26(17-23(29)25-20-8-4-5-9-21(20)30-2)16-22(28)24-18-10-12-19(13-11-18)27-14-6-7-15-27/h4-5,8-13H,3,6-7,14-17H2,1-2H3,(H,24,28)(H,25,29). The average Bonchev–Trinajstić information content (AvgIpc) is 3.29. The van der Waals surface area contributed by atoms with Crippen molar-refractivity contribution in [2.75, 3.05) is 55.4 Å². The summed E-state index contributed by atoms with van der Waals surface area (Å²) in [5, 5.41) is 5.76. The minimum atomic E-state index is -0.191. The fourth-order valence-corrected chi connectivity index (χ4v) is 3.55. The zero-order valence-corrected chi connectivity index (χ0v) is 17.7. The highest BCUT2D eigenvalue weighted by molar-refractivity contribution is 5.95. The van der Waals surface area contributed by atoms with E-state index in [0.717, 1.165) is 18.8 Å². The van der Waals surface area contributed by atoms with Crippen LogP contribution in [0.3, 0.4) is 0 Å². The first-order chi connectivity index (χ1) is 14.6. The highest BCUT2D eigenvalue weighted by atomic mass is 16.5. The normalized spacial score (nSPS) is 13.4. The number of hydrogen-bond acceptors (Lipinski definition) is 5. The van der Waals surface area contributed by atoms with Crippen LogP contribution in [0.5, 0.6) is 5.75 Å². The summed E-state index contributed by atoms with van der Waals surface area (Å²) in [4.78, 5) is 29.0. The van der Waals surface area contributed by atoms with Gasteiger partial charge in [0.25, 0.3) is 0 Å². The summed E-state index contributed by atoms with van der Waals surface area (Å²) >= 11 is 0. The molecule has 0 aromatic heterocycles. The van der Waals surface area contributed by atoms with Crippen molar-refractivity contribution in [3.63, 3.8) is 0 Å². The van der Waals surface area contributed by atoms with Gasteiger partial charge in [0.15, 0.2) is 0 Å². The third-order valence-electron chi connectivity index (χ3n) is 5.18. The van der Waals surface area contributed by atoms with E-state index in [-0.39, 0.29) is 24.9 Å². The smallest absolute Gasteiger partial charge is 0.238 e. The van der Waals surface area contributed by atoms with Gasteiger partial charge in [0.2, 0.25) is 11.8 Å². The van der Waals surface area contributed by atoms with Gasteiger partial charge in [-0.05, 0) is 55.8 Å². The molecule has 3 rings (SSSR count). The fourth-order valence-electron chi connectivity index (χ4n) is 3.55. The molecule has 0 spiro atoms. The minimum Gasteiger partial charge on any atom is -0.495 e. The van der Waals surface area contributed by atoms with Crippen molar-refractivity contribution < 1.29 is 14.3 Å². The molecule has 2 aromatic carbocycles. The molecule has 30 heavy (non-hydrogen) atoms. The number of nitrogens with one attached hydrogen (secondary N) is 2. The molecule has 2 N–H and O–H groups in total. The number of carbonyl (C=O) groups excluding carboxylic acids is 2. The molecule has 1 aliphatic rings. The number of amides is 2. The summed E-state index contributed by atoms with van der Waals surface area (Å²) in [6.45, 7) is 4.96. The van der Waals surface area contributed by atoms with Crippen LogP contribution in [0.25, 0.3) is 0 Å². The van der Waals surface area contributed by atoms with Crippen molar-refractivity contribution in [1.82, 2.24) is 4.90 Å². The Morgan fingerprint density at radius 1 is 0.967 bits per heavy atom. The Bertz CT molecular complexity index is 848. The third kappa shape index (κ3) is 5.97. The molecule has 0 radical (unpaired) electrons. The second kappa shape index (κ2) is 10.6. The summed E-state index contributed by atoms with van der Waals surface area (Å²) < 4.78 is 5.25. The molecule has 160 valence electrons. The summed E-state index contributed by atoms with van der Waals surface area (Å²) in [7, 11) is 1.56. The molecule has 0 aliphatic carbocycles. The van der Waals surface area contributed by atoms with E-state index in [9.17, 15) is 9.59 Å². The van der Waals surface area contributed by atoms with Crippen molar-refractivity contribution in [1.29, 1.82) is 0 Å². The Hall–Kier alpha value is -3.06. The van der Waals surface area contributed by atoms with Gasteiger partial charge in [-0.15, -0.1) is 0 Å². The molecule has 0 atom stereocenters. The van der Waals surface area contributed by atoms with Crippen LogP contribution in [-0.4, -0.2) is 56.5 Å². The molecule has 7 heteroatoms. The predicted molar refractivity (Wildman–Crippen MR) is 120 cm³/mol. The third-order valence-corrected chi connectivity index (χ3v) is 5.18. The summed E-state index contributed by atoms with van der Waals surface area (Å²) in [6, 6.07) is 15.2. The number of rotatable bonds is 9. The van der Waals surface area contributed by atoms with Crippen LogP contribution < -0.4 is 20.3 Å². The summed E-state index contributed by atoms with van der Waals surface area (Å²) in [6.07, 6.45) is 2.46. The minimum absolute atomic E-state index is 0.121. The monoisotopic (exact) mass is 410 g/mol. The van der Waals surface area contributed by atoms with Gasteiger partial charge in [-0.1, -0.05) is 19.1 Å². The van der Waals surface area contributed by atoms with Crippen molar-refractivity contribution in [3.8, 4) is 5.75 Å². The number of methoxy groups -OCH3 is 1. The van der Waals surface area contributed by atoms with Gasteiger partial charge in [-0.2, -0.15) is 0 Å². The first-order valence-electron chi connectivity index (χ1n) is 10.4. The maximum absolute atomic E-state index is 12.4. The molecule has 0 saturated carbocycles. The van der Waals surface area contributed by atoms with Crippen molar-refractivity contribution in [3.05, 3.63) is 48.5 Å². The van der Waals surface area contributed by atoms with E-state index in [1.165, 1.54) is 18.5 Å². The summed E-state index contributed by atoms with van der Waals surface area (Å²) in [5.41, 5.74) is 2.56. The van der Waals surface area contributed by atoms with E-state index < -0.39 is 0 Å². The average molecular weight is 411 g/mol. The van der Waals surface area contributed by atoms with Crippen LogP contribution >= 0.6 is 0 Å². The number of anilines is 3. The van der Waals surface area contributed by atoms with Gasteiger partial charge in [0, 0.05) is 24.5 Å². The van der Waals surface area contributed by atoms with Gasteiger partial charge in [0.05, 0.1) is 25.9 Å². The maximum Gasteiger partial charge on any atom is 0.238 e. The van der Waals surface area contributed by atoms with Gasteiger partial charge < -0.3 is 20.3 Å². The molecule has 1 aliphatic heterocycles. The lowest BCUT2D eigenvalue weighted by molar-refractivity contribution is -0.119. The van der Waals surface area contributed by atoms with Crippen LogP contribution in [0.4, 0.5) is 17.1 Å². The van der Waals surface area contributed by atoms with Crippen LogP contribution in [-0.2, 0) is 9.59 Å². The predicted octanol–water partition coefficient (Wildman–Crippen LogP) is 3.19. The number of benzene rings is 2. The summed E-state index contributed by atoms with van der Waals surface area (Å²) in [5.74, 6) is 0.268. The van der Waals surface area contributed by atoms with Gasteiger partial charge in [0.1, 0.15) is 5.75 Å². The van der Waals surface area contributed by atoms with E-state index in [0.29, 0.717) is 18.0 Å². The lowest BCUT2D eigenvalue weighted by atomic mass is 10.2. The fraction of sp³-hybridized carbons (Fsp3) is 0.391.